The van der Waals surface area contributed by atoms with Gasteiger partial charge in [-0.1, -0.05) is 23.7 Å². The molecule has 0 radical (unpaired) electrons. The summed E-state index contributed by atoms with van der Waals surface area (Å²) in [6, 6.07) is 3.70. The molecule has 1 aliphatic heterocycles. The fourth-order valence-electron chi connectivity index (χ4n) is 2.88. The molecule has 1 aliphatic rings. The van der Waals surface area contributed by atoms with E-state index in [0.717, 1.165) is 26.1 Å². The first-order chi connectivity index (χ1) is 12.6. The highest BCUT2D eigenvalue weighted by molar-refractivity contribution is 6.32. The minimum atomic E-state index is 0. The molecule has 1 aromatic carbocycles. The summed E-state index contributed by atoms with van der Waals surface area (Å²) in [5, 5.41) is 7.98. The Bertz CT molecular complexity index is 741. The van der Waals surface area contributed by atoms with Gasteiger partial charge in [0.1, 0.15) is 0 Å². The third-order valence-electron chi connectivity index (χ3n) is 4.26. The Balaban J connectivity index is 0.00000261. The van der Waals surface area contributed by atoms with Gasteiger partial charge in [-0.3, -0.25) is 4.90 Å². The van der Waals surface area contributed by atoms with E-state index in [1.165, 1.54) is 0 Å². The molecule has 1 unspecified atom stereocenters. The summed E-state index contributed by atoms with van der Waals surface area (Å²) < 4.78 is 16.9. The molecule has 0 bridgehead atoms. The largest absolute Gasteiger partial charge is 0.490 e. The standard InChI is InChI=1S/C18H25ClN4O3.ClH/c1-4-8-25-16-13(19)9-12(10-15(16)24-5-2)18-21-17(22-26-18)14-11-20-6-7-23(14)3;/h9-10,14,20H,4-8,11H2,1-3H3;1H. The van der Waals surface area contributed by atoms with E-state index in [1.54, 1.807) is 6.07 Å². The van der Waals surface area contributed by atoms with E-state index < -0.39 is 0 Å². The first kappa shape index (κ1) is 21.8. The van der Waals surface area contributed by atoms with Gasteiger partial charge in [-0.05, 0) is 32.5 Å². The first-order valence-electron chi connectivity index (χ1n) is 8.98. The van der Waals surface area contributed by atoms with Crippen LogP contribution in [0.25, 0.3) is 11.5 Å². The minimum Gasteiger partial charge on any atom is -0.490 e. The van der Waals surface area contributed by atoms with E-state index in [4.69, 9.17) is 25.6 Å². The molecule has 27 heavy (non-hydrogen) atoms. The monoisotopic (exact) mass is 416 g/mol. The zero-order chi connectivity index (χ0) is 18.5. The van der Waals surface area contributed by atoms with Crippen molar-refractivity contribution in [3.05, 3.63) is 23.0 Å². The summed E-state index contributed by atoms with van der Waals surface area (Å²) in [5.41, 5.74) is 0.715. The maximum absolute atomic E-state index is 6.42. The number of hydrogen-bond donors (Lipinski definition) is 1. The number of piperazine rings is 1. The Labute approximate surface area is 170 Å². The molecule has 1 fully saturated rings. The fraction of sp³-hybridized carbons (Fsp3) is 0.556. The van der Waals surface area contributed by atoms with Crippen LogP contribution in [0.4, 0.5) is 0 Å². The van der Waals surface area contributed by atoms with Crippen molar-refractivity contribution in [1.82, 2.24) is 20.4 Å². The third kappa shape index (κ3) is 5.04. The van der Waals surface area contributed by atoms with Crippen molar-refractivity contribution < 1.29 is 14.0 Å². The first-order valence-corrected chi connectivity index (χ1v) is 9.35. The zero-order valence-electron chi connectivity index (χ0n) is 15.8. The number of halogens is 2. The van der Waals surface area contributed by atoms with Crippen molar-refractivity contribution in [2.45, 2.75) is 26.3 Å². The maximum Gasteiger partial charge on any atom is 0.258 e. The van der Waals surface area contributed by atoms with Crippen LogP contribution in [0.3, 0.4) is 0 Å². The molecule has 9 heteroatoms. The fourth-order valence-corrected chi connectivity index (χ4v) is 3.15. The lowest BCUT2D eigenvalue weighted by atomic mass is 10.2. The van der Waals surface area contributed by atoms with E-state index >= 15 is 0 Å². The lowest BCUT2D eigenvalue weighted by molar-refractivity contribution is 0.190. The Morgan fingerprint density at radius 1 is 1.33 bits per heavy atom. The van der Waals surface area contributed by atoms with Gasteiger partial charge in [-0.15, -0.1) is 12.4 Å². The second kappa shape index (κ2) is 10.1. The Hall–Kier alpha value is -1.54. The summed E-state index contributed by atoms with van der Waals surface area (Å²) in [5.74, 6) is 2.22. The van der Waals surface area contributed by atoms with Crippen molar-refractivity contribution >= 4 is 24.0 Å². The van der Waals surface area contributed by atoms with Crippen LogP contribution < -0.4 is 14.8 Å². The predicted octanol–water partition coefficient (Wildman–Crippen LogP) is 3.58. The van der Waals surface area contributed by atoms with E-state index in [1.807, 2.05) is 19.9 Å². The van der Waals surface area contributed by atoms with Gasteiger partial charge < -0.3 is 19.3 Å². The van der Waals surface area contributed by atoms with E-state index in [2.05, 4.69) is 27.4 Å². The molecule has 2 aromatic rings. The second-order valence-corrected chi connectivity index (χ2v) is 6.63. The SMILES string of the molecule is CCCOc1c(Cl)cc(-c2nc(C3CNCCN3C)no2)cc1OCC.Cl. The molecular weight excluding hydrogens is 391 g/mol. The topological polar surface area (TPSA) is 72.7 Å². The highest BCUT2D eigenvalue weighted by atomic mass is 35.5. The van der Waals surface area contributed by atoms with Gasteiger partial charge in [-0.25, -0.2) is 0 Å². The molecule has 1 atom stereocenters. The zero-order valence-corrected chi connectivity index (χ0v) is 17.4. The third-order valence-corrected chi connectivity index (χ3v) is 4.54. The van der Waals surface area contributed by atoms with E-state index in [9.17, 15) is 0 Å². The molecule has 1 aromatic heterocycles. The van der Waals surface area contributed by atoms with Crippen LogP contribution in [0.5, 0.6) is 11.5 Å². The Kier molecular flexibility index (Phi) is 8.16. The van der Waals surface area contributed by atoms with E-state index in [0.29, 0.717) is 47.0 Å². The van der Waals surface area contributed by atoms with E-state index in [-0.39, 0.29) is 18.4 Å². The highest BCUT2D eigenvalue weighted by Crippen LogP contribution is 2.39. The number of nitrogens with one attached hydrogen (secondary N) is 1. The molecular formula is C18H26Cl2N4O3. The van der Waals surface area contributed by atoms with Gasteiger partial charge in [-0.2, -0.15) is 4.98 Å². The number of benzene rings is 1. The number of ether oxygens (including phenoxy) is 2. The van der Waals surface area contributed by atoms with Gasteiger partial charge in [0.25, 0.3) is 5.89 Å². The Morgan fingerprint density at radius 2 is 2.15 bits per heavy atom. The summed E-state index contributed by atoms with van der Waals surface area (Å²) >= 11 is 6.42. The summed E-state index contributed by atoms with van der Waals surface area (Å²) in [7, 11) is 2.06. The van der Waals surface area contributed by atoms with Gasteiger partial charge in [0, 0.05) is 25.2 Å². The van der Waals surface area contributed by atoms with Crippen molar-refractivity contribution in [3.63, 3.8) is 0 Å². The van der Waals surface area contributed by atoms with Crippen LogP contribution in [0.15, 0.2) is 16.7 Å². The maximum atomic E-state index is 6.42. The van der Waals surface area contributed by atoms with Gasteiger partial charge in [0.05, 0.1) is 24.3 Å². The normalized spacial score (nSPS) is 17.4. The quantitative estimate of drug-likeness (QED) is 0.738. The molecule has 150 valence electrons. The molecule has 0 aliphatic carbocycles. The summed E-state index contributed by atoms with van der Waals surface area (Å²) in [6.07, 6.45) is 0.888. The summed E-state index contributed by atoms with van der Waals surface area (Å²) in [6.45, 7) is 7.74. The van der Waals surface area contributed by atoms with Crippen LogP contribution in [0, 0.1) is 0 Å². The van der Waals surface area contributed by atoms with Gasteiger partial charge in [0.2, 0.25) is 0 Å². The molecule has 0 saturated carbocycles. The Morgan fingerprint density at radius 3 is 2.85 bits per heavy atom. The predicted molar refractivity (Wildman–Crippen MR) is 107 cm³/mol. The number of likely N-dealkylation sites (N-methyl/N-ethyl adjacent to an activating group) is 1. The van der Waals surface area contributed by atoms with Crippen LogP contribution in [0.2, 0.25) is 5.02 Å². The van der Waals surface area contributed by atoms with Crippen molar-refractivity contribution in [3.8, 4) is 23.0 Å². The number of rotatable bonds is 7. The van der Waals surface area contributed by atoms with Crippen LogP contribution in [-0.2, 0) is 0 Å². The summed E-state index contributed by atoms with van der Waals surface area (Å²) in [4.78, 5) is 6.79. The molecule has 2 heterocycles. The van der Waals surface area contributed by atoms with Crippen molar-refractivity contribution in [1.29, 1.82) is 0 Å². The van der Waals surface area contributed by atoms with Crippen molar-refractivity contribution in [2.24, 2.45) is 0 Å². The van der Waals surface area contributed by atoms with Crippen LogP contribution in [-0.4, -0.2) is 54.9 Å². The molecule has 7 nitrogen and oxygen atoms in total. The number of hydrogen-bond acceptors (Lipinski definition) is 7. The molecule has 3 rings (SSSR count). The molecule has 1 saturated heterocycles. The lowest BCUT2D eigenvalue weighted by Gasteiger charge is -2.30. The van der Waals surface area contributed by atoms with Gasteiger partial charge in [0.15, 0.2) is 17.3 Å². The number of aromatic nitrogens is 2. The molecule has 0 amide bonds. The number of nitrogens with zero attached hydrogens (tertiary/aromatic N) is 3. The second-order valence-electron chi connectivity index (χ2n) is 6.23. The average Bonchev–Trinajstić information content (AvgIpc) is 3.11. The molecule has 1 N–H and O–H groups in total. The minimum absolute atomic E-state index is 0. The van der Waals surface area contributed by atoms with Crippen molar-refractivity contribution in [2.75, 3.05) is 39.9 Å². The molecule has 0 spiro atoms. The smallest absolute Gasteiger partial charge is 0.258 e. The lowest BCUT2D eigenvalue weighted by Crippen LogP contribution is -2.44. The van der Waals surface area contributed by atoms with Crippen LogP contribution in [0.1, 0.15) is 32.1 Å². The van der Waals surface area contributed by atoms with Gasteiger partial charge >= 0.3 is 0 Å². The highest BCUT2D eigenvalue weighted by Gasteiger charge is 2.26. The average molecular weight is 417 g/mol. The van der Waals surface area contributed by atoms with Crippen LogP contribution >= 0.6 is 24.0 Å².